The lowest BCUT2D eigenvalue weighted by molar-refractivity contribution is -0.139. The maximum absolute atomic E-state index is 10.5. The number of carbonyl (C=O) groups is 1. The third-order valence-corrected chi connectivity index (χ3v) is 3.68. The van der Waals surface area contributed by atoms with Gasteiger partial charge in [-0.2, -0.15) is 0 Å². The second kappa shape index (κ2) is 8.38. The summed E-state index contributed by atoms with van der Waals surface area (Å²) < 4.78 is 0. The first-order chi connectivity index (χ1) is 11.5. The molecule has 24 heavy (non-hydrogen) atoms. The molecule has 0 aliphatic heterocycles. The standard InChI is InChI=1S/C19H21NO4/c1-13-17(8-7-15(21)11-16(22)12-19(23)24)18(9-10-20-13)14-5-3-2-4-6-14/h2-10,15-16,21-22H,11-12H2,1H3,(H,23,24)/t15-,16?/m1/s1. The molecular formula is C19H21NO4. The Morgan fingerprint density at radius 1 is 1.21 bits per heavy atom. The number of aryl methyl sites for hydroxylation is 1. The number of aliphatic hydroxyl groups excluding tert-OH is 2. The first-order valence-corrected chi connectivity index (χ1v) is 7.74. The average molecular weight is 327 g/mol. The first kappa shape index (κ1) is 17.8. The first-order valence-electron chi connectivity index (χ1n) is 7.74. The van der Waals surface area contributed by atoms with Gasteiger partial charge < -0.3 is 15.3 Å². The fraction of sp³-hybridized carbons (Fsp3) is 0.263. The molecule has 0 aliphatic rings. The summed E-state index contributed by atoms with van der Waals surface area (Å²) in [4.78, 5) is 14.8. The SMILES string of the molecule is Cc1nccc(-c2ccccc2)c1C=C[C@@H](O)CC(O)CC(=O)O. The molecule has 126 valence electrons. The van der Waals surface area contributed by atoms with Gasteiger partial charge in [0.25, 0.3) is 0 Å². The van der Waals surface area contributed by atoms with E-state index in [4.69, 9.17) is 5.11 Å². The highest BCUT2D eigenvalue weighted by Crippen LogP contribution is 2.26. The predicted octanol–water partition coefficient (Wildman–Crippen LogP) is 2.66. The number of carboxylic acid groups (broad SMARTS) is 1. The number of pyridine rings is 1. The van der Waals surface area contributed by atoms with Crippen LogP contribution in [-0.4, -0.2) is 38.5 Å². The van der Waals surface area contributed by atoms with Crippen LogP contribution in [0.4, 0.5) is 0 Å². The van der Waals surface area contributed by atoms with Gasteiger partial charge in [-0.3, -0.25) is 9.78 Å². The van der Waals surface area contributed by atoms with Gasteiger partial charge in [-0.1, -0.05) is 42.5 Å². The van der Waals surface area contributed by atoms with Crippen LogP contribution < -0.4 is 0 Å². The molecule has 3 N–H and O–H groups in total. The second-order valence-electron chi connectivity index (χ2n) is 5.64. The summed E-state index contributed by atoms with van der Waals surface area (Å²) in [6.07, 6.45) is 2.65. The maximum Gasteiger partial charge on any atom is 0.305 e. The van der Waals surface area contributed by atoms with Gasteiger partial charge in [0.05, 0.1) is 18.6 Å². The number of nitrogens with zero attached hydrogens (tertiary/aromatic N) is 1. The van der Waals surface area contributed by atoms with E-state index in [2.05, 4.69) is 4.98 Å². The second-order valence-corrected chi connectivity index (χ2v) is 5.64. The number of rotatable bonds is 7. The molecule has 2 atom stereocenters. The van der Waals surface area contributed by atoms with Crippen LogP contribution in [-0.2, 0) is 4.79 Å². The number of benzene rings is 1. The minimum absolute atomic E-state index is 0.0250. The Balaban J connectivity index is 2.19. The zero-order chi connectivity index (χ0) is 17.5. The molecule has 0 spiro atoms. The van der Waals surface area contributed by atoms with Crippen molar-refractivity contribution in [3.8, 4) is 11.1 Å². The molecule has 2 aromatic rings. The van der Waals surface area contributed by atoms with Gasteiger partial charge in [0, 0.05) is 23.9 Å². The number of hydrogen-bond donors (Lipinski definition) is 3. The van der Waals surface area contributed by atoms with E-state index in [1.807, 2.05) is 43.3 Å². The Hall–Kier alpha value is -2.50. The van der Waals surface area contributed by atoms with Crippen LogP contribution in [0.15, 0.2) is 48.7 Å². The van der Waals surface area contributed by atoms with Crippen molar-refractivity contribution in [3.05, 3.63) is 59.9 Å². The van der Waals surface area contributed by atoms with Crippen LogP contribution in [0.1, 0.15) is 24.1 Å². The van der Waals surface area contributed by atoms with Crippen LogP contribution in [0.25, 0.3) is 17.2 Å². The largest absolute Gasteiger partial charge is 0.481 e. The summed E-state index contributed by atoms with van der Waals surface area (Å²) in [6, 6.07) is 11.8. The molecule has 1 aromatic carbocycles. The Kier molecular flexibility index (Phi) is 6.23. The van der Waals surface area contributed by atoms with Gasteiger partial charge >= 0.3 is 5.97 Å². The molecule has 0 fully saturated rings. The normalized spacial score (nSPS) is 13.8. The van der Waals surface area contributed by atoms with Gasteiger partial charge in [-0.25, -0.2) is 0 Å². The van der Waals surface area contributed by atoms with Crippen molar-refractivity contribution >= 4 is 12.0 Å². The summed E-state index contributed by atoms with van der Waals surface area (Å²) in [5.74, 6) is -1.09. The van der Waals surface area contributed by atoms with Gasteiger partial charge in [-0.15, -0.1) is 0 Å². The van der Waals surface area contributed by atoms with Gasteiger partial charge in [0.2, 0.25) is 0 Å². The van der Waals surface area contributed by atoms with Crippen molar-refractivity contribution in [1.29, 1.82) is 0 Å². The lowest BCUT2D eigenvalue weighted by Crippen LogP contribution is -2.19. The van der Waals surface area contributed by atoms with E-state index in [1.165, 1.54) is 0 Å². The number of aromatic nitrogens is 1. The molecule has 1 unspecified atom stereocenters. The molecule has 1 heterocycles. The fourth-order valence-electron chi connectivity index (χ4n) is 2.51. The molecule has 2 rings (SSSR count). The van der Waals surface area contributed by atoms with Crippen molar-refractivity contribution < 1.29 is 20.1 Å². The third kappa shape index (κ3) is 5.01. The van der Waals surface area contributed by atoms with Crippen LogP contribution in [0.5, 0.6) is 0 Å². The summed E-state index contributed by atoms with van der Waals surface area (Å²) in [5.41, 5.74) is 3.75. The van der Waals surface area contributed by atoms with Crippen molar-refractivity contribution in [3.63, 3.8) is 0 Å². The van der Waals surface area contributed by atoms with E-state index in [1.54, 1.807) is 18.3 Å². The third-order valence-electron chi connectivity index (χ3n) is 3.68. The van der Waals surface area contributed by atoms with Crippen molar-refractivity contribution in [2.45, 2.75) is 32.0 Å². The molecule has 5 nitrogen and oxygen atoms in total. The van der Waals surface area contributed by atoms with E-state index in [0.29, 0.717) is 0 Å². The Bertz CT molecular complexity index is 713. The van der Waals surface area contributed by atoms with E-state index in [0.717, 1.165) is 22.4 Å². The molecule has 0 radical (unpaired) electrons. The Morgan fingerprint density at radius 2 is 1.92 bits per heavy atom. The van der Waals surface area contributed by atoms with Crippen LogP contribution in [0.2, 0.25) is 0 Å². The topological polar surface area (TPSA) is 90.7 Å². The van der Waals surface area contributed by atoms with Gasteiger partial charge in [0.1, 0.15) is 0 Å². The summed E-state index contributed by atoms with van der Waals surface area (Å²) in [7, 11) is 0. The smallest absolute Gasteiger partial charge is 0.305 e. The molecule has 1 aromatic heterocycles. The predicted molar refractivity (Wildman–Crippen MR) is 92.3 cm³/mol. The van der Waals surface area contributed by atoms with Crippen LogP contribution >= 0.6 is 0 Å². The number of carboxylic acids is 1. The van der Waals surface area contributed by atoms with Gasteiger partial charge in [-0.05, 0) is 24.1 Å². The van der Waals surface area contributed by atoms with Crippen molar-refractivity contribution in [1.82, 2.24) is 4.98 Å². The minimum Gasteiger partial charge on any atom is -0.481 e. The number of aliphatic carboxylic acids is 1. The van der Waals surface area contributed by atoms with E-state index >= 15 is 0 Å². The van der Waals surface area contributed by atoms with Gasteiger partial charge in [0.15, 0.2) is 0 Å². The summed E-state index contributed by atoms with van der Waals surface area (Å²) in [5, 5.41) is 28.2. The number of aliphatic hydroxyl groups is 2. The average Bonchev–Trinajstić information content (AvgIpc) is 2.53. The summed E-state index contributed by atoms with van der Waals surface area (Å²) >= 11 is 0. The molecule has 0 saturated heterocycles. The highest BCUT2D eigenvalue weighted by molar-refractivity contribution is 5.76. The lowest BCUT2D eigenvalue weighted by atomic mass is 9.98. The van der Waals surface area contributed by atoms with E-state index < -0.39 is 18.2 Å². The minimum atomic E-state index is -1.09. The Labute approximate surface area is 140 Å². The van der Waals surface area contributed by atoms with E-state index in [9.17, 15) is 15.0 Å². The quantitative estimate of drug-likeness (QED) is 0.727. The monoisotopic (exact) mass is 327 g/mol. The number of hydrogen-bond acceptors (Lipinski definition) is 4. The molecule has 0 saturated carbocycles. The summed E-state index contributed by atoms with van der Waals surface area (Å²) in [6.45, 7) is 1.89. The fourth-order valence-corrected chi connectivity index (χ4v) is 2.51. The molecular weight excluding hydrogens is 306 g/mol. The van der Waals surface area contributed by atoms with Crippen LogP contribution in [0.3, 0.4) is 0 Å². The molecule has 0 amide bonds. The Morgan fingerprint density at radius 3 is 2.58 bits per heavy atom. The van der Waals surface area contributed by atoms with Crippen molar-refractivity contribution in [2.24, 2.45) is 0 Å². The lowest BCUT2D eigenvalue weighted by Gasteiger charge is -2.12. The zero-order valence-electron chi connectivity index (χ0n) is 13.5. The van der Waals surface area contributed by atoms with Crippen molar-refractivity contribution in [2.75, 3.05) is 0 Å². The van der Waals surface area contributed by atoms with Crippen LogP contribution in [0, 0.1) is 6.92 Å². The molecule has 0 aliphatic carbocycles. The highest BCUT2D eigenvalue weighted by atomic mass is 16.4. The maximum atomic E-state index is 10.5. The van der Waals surface area contributed by atoms with E-state index in [-0.39, 0.29) is 12.8 Å². The molecule has 5 heteroatoms. The highest BCUT2D eigenvalue weighted by Gasteiger charge is 2.13. The zero-order valence-corrected chi connectivity index (χ0v) is 13.5. The molecule has 0 bridgehead atoms.